The Morgan fingerprint density at radius 1 is 1.33 bits per heavy atom. The van der Waals surface area contributed by atoms with Crippen LogP contribution in [0.1, 0.15) is 43.5 Å². The molecule has 2 heteroatoms. The van der Waals surface area contributed by atoms with Crippen molar-refractivity contribution in [1.82, 2.24) is 0 Å². The molecular weight excluding hydrogens is 202 g/mol. The van der Waals surface area contributed by atoms with Crippen LogP contribution in [0.15, 0.2) is 18.2 Å². The highest BCUT2D eigenvalue weighted by atomic mass is 32.2. The Morgan fingerprint density at radius 2 is 2.07 bits per heavy atom. The van der Waals surface area contributed by atoms with E-state index in [1.165, 1.54) is 16.7 Å². The van der Waals surface area contributed by atoms with E-state index in [0.29, 0.717) is 0 Å². The lowest BCUT2D eigenvalue weighted by atomic mass is 9.84. The van der Waals surface area contributed by atoms with E-state index < -0.39 is 0 Å². The molecule has 0 spiro atoms. The van der Waals surface area contributed by atoms with Crippen LogP contribution < -0.4 is 5.73 Å². The van der Waals surface area contributed by atoms with Crippen molar-refractivity contribution in [2.24, 2.45) is 5.73 Å². The maximum Gasteiger partial charge on any atom is 0.0390 e. The van der Waals surface area contributed by atoms with Crippen LogP contribution in [0.2, 0.25) is 0 Å². The molecule has 1 nitrogen and oxygen atoms in total. The molecule has 2 N–H and O–H groups in total. The summed E-state index contributed by atoms with van der Waals surface area (Å²) in [5, 5.41) is 0. The monoisotopic (exact) mass is 221 g/mol. The van der Waals surface area contributed by atoms with E-state index in [1.54, 1.807) is 0 Å². The van der Waals surface area contributed by atoms with Crippen LogP contribution in [-0.4, -0.2) is 5.75 Å². The highest BCUT2D eigenvalue weighted by Gasteiger charge is 2.20. The molecule has 0 amide bonds. The van der Waals surface area contributed by atoms with Crippen molar-refractivity contribution >= 4 is 11.8 Å². The molecule has 1 aromatic carbocycles. The molecule has 1 unspecified atom stereocenters. The maximum atomic E-state index is 6.14. The first-order chi connectivity index (χ1) is 6.98. The summed E-state index contributed by atoms with van der Waals surface area (Å²) in [5.41, 5.74) is 10.5. The summed E-state index contributed by atoms with van der Waals surface area (Å²) in [6, 6.07) is 7.03. The van der Waals surface area contributed by atoms with Gasteiger partial charge in [0.2, 0.25) is 0 Å². The molecule has 0 radical (unpaired) electrons. The molecule has 0 bridgehead atoms. The zero-order valence-electron chi connectivity index (χ0n) is 9.71. The van der Waals surface area contributed by atoms with Crippen LogP contribution >= 0.6 is 11.8 Å². The van der Waals surface area contributed by atoms with Crippen molar-refractivity contribution in [3.05, 3.63) is 34.9 Å². The summed E-state index contributed by atoms with van der Waals surface area (Å²) < 4.78 is 0. The van der Waals surface area contributed by atoms with Gasteiger partial charge in [0.15, 0.2) is 0 Å². The average molecular weight is 221 g/mol. The van der Waals surface area contributed by atoms with Gasteiger partial charge in [-0.25, -0.2) is 0 Å². The van der Waals surface area contributed by atoms with Gasteiger partial charge in [0.1, 0.15) is 0 Å². The van der Waals surface area contributed by atoms with E-state index in [1.807, 2.05) is 11.8 Å². The van der Waals surface area contributed by atoms with Gasteiger partial charge in [0.25, 0.3) is 0 Å². The van der Waals surface area contributed by atoms with Crippen molar-refractivity contribution in [2.75, 3.05) is 5.75 Å². The van der Waals surface area contributed by atoms with E-state index in [0.717, 1.165) is 11.5 Å². The Balaban J connectivity index is 2.44. The van der Waals surface area contributed by atoms with Gasteiger partial charge in [-0.2, -0.15) is 11.8 Å². The molecule has 0 saturated carbocycles. The molecule has 2 rings (SSSR count). The number of thioether (sulfide) groups is 1. The van der Waals surface area contributed by atoms with E-state index in [2.05, 4.69) is 39.0 Å². The Kier molecular flexibility index (Phi) is 2.82. The molecule has 0 aromatic heterocycles. The molecule has 82 valence electrons. The summed E-state index contributed by atoms with van der Waals surface area (Å²) in [4.78, 5) is 0. The van der Waals surface area contributed by atoms with Gasteiger partial charge in [0.05, 0.1) is 0 Å². The number of benzene rings is 1. The molecule has 0 fully saturated rings. The predicted octanol–water partition coefficient (Wildman–Crippen LogP) is 3.23. The van der Waals surface area contributed by atoms with Gasteiger partial charge >= 0.3 is 0 Å². The fourth-order valence-electron chi connectivity index (χ4n) is 1.92. The molecule has 15 heavy (non-hydrogen) atoms. The SMILES string of the molecule is CC(C)(C)c1ccc2c(c1)C(N)CSC2. The third kappa shape index (κ3) is 2.21. The lowest BCUT2D eigenvalue weighted by molar-refractivity contribution is 0.587. The van der Waals surface area contributed by atoms with Gasteiger partial charge in [-0.3, -0.25) is 0 Å². The molecule has 1 aliphatic heterocycles. The van der Waals surface area contributed by atoms with Crippen molar-refractivity contribution in [2.45, 2.75) is 38.0 Å². The fourth-order valence-corrected chi connectivity index (χ4v) is 2.96. The minimum absolute atomic E-state index is 0.222. The Hall–Kier alpha value is -0.470. The third-order valence-corrected chi connectivity index (χ3v) is 4.08. The largest absolute Gasteiger partial charge is 0.323 e. The molecule has 1 atom stereocenters. The Morgan fingerprint density at radius 3 is 2.73 bits per heavy atom. The molecule has 1 aliphatic rings. The van der Waals surface area contributed by atoms with Crippen LogP contribution in [0.4, 0.5) is 0 Å². The first-order valence-electron chi connectivity index (χ1n) is 5.45. The zero-order valence-corrected chi connectivity index (χ0v) is 10.5. The summed E-state index contributed by atoms with van der Waals surface area (Å²) in [7, 11) is 0. The van der Waals surface area contributed by atoms with E-state index in [4.69, 9.17) is 5.73 Å². The van der Waals surface area contributed by atoms with Crippen molar-refractivity contribution in [1.29, 1.82) is 0 Å². The fraction of sp³-hybridized carbons (Fsp3) is 0.538. The topological polar surface area (TPSA) is 26.0 Å². The molecule has 0 saturated heterocycles. The maximum absolute atomic E-state index is 6.14. The summed E-state index contributed by atoms with van der Waals surface area (Å²) in [5.74, 6) is 2.17. The highest BCUT2D eigenvalue weighted by molar-refractivity contribution is 7.98. The molecule has 0 aliphatic carbocycles. The lowest BCUT2D eigenvalue weighted by Crippen LogP contribution is -2.20. The quantitative estimate of drug-likeness (QED) is 0.728. The number of rotatable bonds is 0. The second-order valence-corrected chi connectivity index (χ2v) is 6.32. The standard InChI is InChI=1S/C13H19NS/c1-13(2,3)10-5-4-9-7-15-8-12(14)11(9)6-10/h4-6,12H,7-8,14H2,1-3H3. The molecular formula is C13H19NS. The summed E-state index contributed by atoms with van der Waals surface area (Å²) >= 11 is 1.93. The van der Waals surface area contributed by atoms with E-state index in [-0.39, 0.29) is 11.5 Å². The van der Waals surface area contributed by atoms with Crippen molar-refractivity contribution in [3.8, 4) is 0 Å². The van der Waals surface area contributed by atoms with E-state index in [9.17, 15) is 0 Å². The smallest absolute Gasteiger partial charge is 0.0390 e. The van der Waals surface area contributed by atoms with Gasteiger partial charge in [-0.05, 0) is 22.1 Å². The number of fused-ring (bicyclic) bond motifs is 1. The first-order valence-corrected chi connectivity index (χ1v) is 6.60. The number of nitrogens with two attached hydrogens (primary N) is 1. The van der Waals surface area contributed by atoms with Gasteiger partial charge in [-0.15, -0.1) is 0 Å². The van der Waals surface area contributed by atoms with Gasteiger partial charge < -0.3 is 5.73 Å². The van der Waals surface area contributed by atoms with Crippen LogP contribution in [0.5, 0.6) is 0 Å². The van der Waals surface area contributed by atoms with E-state index >= 15 is 0 Å². The first kappa shape index (κ1) is 11.0. The number of hydrogen-bond acceptors (Lipinski definition) is 2. The number of hydrogen-bond donors (Lipinski definition) is 1. The Bertz CT molecular complexity index is 365. The second kappa shape index (κ2) is 3.84. The normalized spacial score (nSPS) is 21.2. The molecule has 1 aromatic rings. The average Bonchev–Trinajstić information content (AvgIpc) is 2.16. The van der Waals surface area contributed by atoms with Crippen LogP contribution in [-0.2, 0) is 11.2 Å². The highest BCUT2D eigenvalue weighted by Crippen LogP contribution is 2.33. The minimum atomic E-state index is 0.222. The summed E-state index contributed by atoms with van der Waals surface area (Å²) in [6.07, 6.45) is 0. The zero-order chi connectivity index (χ0) is 11.1. The summed E-state index contributed by atoms with van der Waals surface area (Å²) in [6.45, 7) is 6.74. The Labute approximate surface area is 96.4 Å². The van der Waals surface area contributed by atoms with Gasteiger partial charge in [0, 0.05) is 17.5 Å². The second-order valence-electron chi connectivity index (χ2n) is 5.29. The van der Waals surface area contributed by atoms with Crippen LogP contribution in [0.3, 0.4) is 0 Å². The van der Waals surface area contributed by atoms with Crippen LogP contribution in [0.25, 0.3) is 0 Å². The van der Waals surface area contributed by atoms with Crippen LogP contribution in [0, 0.1) is 0 Å². The third-order valence-electron chi connectivity index (χ3n) is 2.97. The van der Waals surface area contributed by atoms with Gasteiger partial charge in [-0.1, -0.05) is 39.0 Å². The predicted molar refractivity (Wildman–Crippen MR) is 68.2 cm³/mol. The van der Waals surface area contributed by atoms with Crippen molar-refractivity contribution < 1.29 is 0 Å². The minimum Gasteiger partial charge on any atom is -0.323 e. The molecule has 1 heterocycles. The van der Waals surface area contributed by atoms with Crippen molar-refractivity contribution in [3.63, 3.8) is 0 Å². The lowest BCUT2D eigenvalue weighted by Gasteiger charge is -2.26.